The Hall–Kier alpha value is -1.59. The third-order valence-corrected chi connectivity index (χ3v) is 4.32. The van der Waals surface area contributed by atoms with Crippen LogP contribution in [0.1, 0.15) is 41.6 Å². The molecule has 0 atom stereocenters. The summed E-state index contributed by atoms with van der Waals surface area (Å²) in [6, 6.07) is 5.39. The molecule has 1 heterocycles. The number of halogens is 1. The third-order valence-electron chi connectivity index (χ3n) is 4.32. The fourth-order valence-electron chi connectivity index (χ4n) is 2.87. The van der Waals surface area contributed by atoms with Crippen molar-refractivity contribution >= 4 is 29.9 Å². The van der Waals surface area contributed by atoms with E-state index in [1.54, 1.807) is 19.2 Å². The SMILES string of the molecule is CNC(=O)c1cccc(NC(=O)CCC2CCNCC2)c1C.Cl. The maximum atomic E-state index is 12.1. The van der Waals surface area contributed by atoms with Gasteiger partial charge in [-0.1, -0.05) is 6.07 Å². The van der Waals surface area contributed by atoms with Crippen LogP contribution in [-0.4, -0.2) is 32.0 Å². The fourth-order valence-corrected chi connectivity index (χ4v) is 2.87. The zero-order chi connectivity index (χ0) is 15.9. The van der Waals surface area contributed by atoms with Gasteiger partial charge in [-0.2, -0.15) is 0 Å². The molecule has 0 unspecified atom stereocenters. The number of hydrogen-bond donors (Lipinski definition) is 3. The number of carbonyl (C=O) groups is 2. The van der Waals surface area contributed by atoms with E-state index in [2.05, 4.69) is 16.0 Å². The second-order valence-electron chi connectivity index (χ2n) is 5.84. The van der Waals surface area contributed by atoms with Gasteiger partial charge in [-0.25, -0.2) is 0 Å². The molecule has 2 amide bonds. The Labute approximate surface area is 144 Å². The molecule has 0 spiro atoms. The third kappa shape index (κ3) is 5.52. The number of anilines is 1. The van der Waals surface area contributed by atoms with E-state index in [-0.39, 0.29) is 24.2 Å². The lowest BCUT2D eigenvalue weighted by Crippen LogP contribution is -2.28. The van der Waals surface area contributed by atoms with Crippen LogP contribution in [0, 0.1) is 12.8 Å². The maximum absolute atomic E-state index is 12.1. The van der Waals surface area contributed by atoms with Gasteiger partial charge < -0.3 is 16.0 Å². The molecule has 23 heavy (non-hydrogen) atoms. The van der Waals surface area contributed by atoms with E-state index >= 15 is 0 Å². The van der Waals surface area contributed by atoms with E-state index in [1.165, 1.54) is 0 Å². The predicted molar refractivity (Wildman–Crippen MR) is 95.3 cm³/mol. The highest BCUT2D eigenvalue weighted by Crippen LogP contribution is 2.21. The van der Waals surface area contributed by atoms with E-state index in [9.17, 15) is 9.59 Å². The number of rotatable bonds is 5. The molecular formula is C17H26ClN3O2. The highest BCUT2D eigenvalue weighted by molar-refractivity contribution is 5.99. The van der Waals surface area contributed by atoms with Crippen molar-refractivity contribution in [3.63, 3.8) is 0 Å². The lowest BCUT2D eigenvalue weighted by Gasteiger charge is -2.22. The van der Waals surface area contributed by atoms with Gasteiger partial charge in [-0.05, 0) is 62.9 Å². The second-order valence-corrected chi connectivity index (χ2v) is 5.84. The Morgan fingerprint density at radius 1 is 1.26 bits per heavy atom. The van der Waals surface area contributed by atoms with E-state index in [1.807, 2.05) is 13.0 Å². The summed E-state index contributed by atoms with van der Waals surface area (Å²) in [6.45, 7) is 3.96. The number of benzene rings is 1. The summed E-state index contributed by atoms with van der Waals surface area (Å²) in [5.41, 5.74) is 2.12. The monoisotopic (exact) mass is 339 g/mol. The van der Waals surface area contributed by atoms with Crippen LogP contribution in [0.4, 0.5) is 5.69 Å². The largest absolute Gasteiger partial charge is 0.355 e. The molecule has 1 fully saturated rings. The summed E-state index contributed by atoms with van der Waals surface area (Å²) in [7, 11) is 1.60. The fraction of sp³-hybridized carbons (Fsp3) is 0.529. The number of carbonyl (C=O) groups excluding carboxylic acids is 2. The minimum Gasteiger partial charge on any atom is -0.355 e. The molecule has 1 aliphatic rings. The molecule has 2 rings (SSSR count). The summed E-state index contributed by atoms with van der Waals surface area (Å²) < 4.78 is 0. The first-order chi connectivity index (χ1) is 10.6. The molecule has 3 N–H and O–H groups in total. The summed E-state index contributed by atoms with van der Waals surface area (Å²) in [4.78, 5) is 23.9. The normalized spacial score (nSPS) is 14.7. The van der Waals surface area contributed by atoms with Gasteiger partial charge in [0.2, 0.25) is 5.91 Å². The van der Waals surface area contributed by atoms with E-state index < -0.39 is 0 Å². The molecule has 0 radical (unpaired) electrons. The lowest BCUT2D eigenvalue weighted by atomic mass is 9.93. The lowest BCUT2D eigenvalue weighted by molar-refractivity contribution is -0.116. The van der Waals surface area contributed by atoms with Crippen molar-refractivity contribution in [3.8, 4) is 0 Å². The summed E-state index contributed by atoms with van der Waals surface area (Å²) in [5, 5.41) is 8.88. The van der Waals surface area contributed by atoms with Crippen LogP contribution < -0.4 is 16.0 Å². The van der Waals surface area contributed by atoms with Gasteiger partial charge in [0.05, 0.1) is 0 Å². The van der Waals surface area contributed by atoms with Gasteiger partial charge >= 0.3 is 0 Å². The molecule has 0 bridgehead atoms. The first-order valence-corrected chi connectivity index (χ1v) is 7.94. The van der Waals surface area contributed by atoms with Crippen molar-refractivity contribution < 1.29 is 9.59 Å². The molecule has 128 valence electrons. The average molecular weight is 340 g/mol. The molecule has 0 saturated carbocycles. The molecular weight excluding hydrogens is 314 g/mol. The highest BCUT2D eigenvalue weighted by Gasteiger charge is 2.16. The molecule has 1 saturated heterocycles. The molecule has 1 aromatic carbocycles. The molecule has 0 aromatic heterocycles. The summed E-state index contributed by atoms with van der Waals surface area (Å²) >= 11 is 0. The van der Waals surface area contributed by atoms with Crippen LogP contribution in [0.25, 0.3) is 0 Å². The van der Waals surface area contributed by atoms with E-state index in [0.29, 0.717) is 17.9 Å². The van der Waals surface area contributed by atoms with Crippen molar-refractivity contribution in [2.75, 3.05) is 25.5 Å². The topological polar surface area (TPSA) is 70.2 Å². The van der Waals surface area contributed by atoms with Crippen molar-refractivity contribution in [2.45, 2.75) is 32.6 Å². The van der Waals surface area contributed by atoms with Crippen LogP contribution in [0.3, 0.4) is 0 Å². The minimum absolute atomic E-state index is 0. The van der Waals surface area contributed by atoms with Crippen molar-refractivity contribution in [1.82, 2.24) is 10.6 Å². The predicted octanol–water partition coefficient (Wildman–Crippen LogP) is 2.49. The van der Waals surface area contributed by atoms with Gasteiger partial charge in [-0.15, -0.1) is 12.4 Å². The zero-order valence-electron chi connectivity index (χ0n) is 13.8. The number of piperidine rings is 1. The van der Waals surface area contributed by atoms with Gasteiger partial charge in [-0.3, -0.25) is 9.59 Å². The molecule has 6 heteroatoms. The van der Waals surface area contributed by atoms with Crippen molar-refractivity contribution in [1.29, 1.82) is 0 Å². The number of amides is 2. The van der Waals surface area contributed by atoms with Crippen molar-refractivity contribution in [2.24, 2.45) is 5.92 Å². The van der Waals surface area contributed by atoms with Crippen LogP contribution in [0.2, 0.25) is 0 Å². The van der Waals surface area contributed by atoms with Gasteiger partial charge in [0.15, 0.2) is 0 Å². The number of nitrogens with one attached hydrogen (secondary N) is 3. The average Bonchev–Trinajstić information content (AvgIpc) is 2.55. The van der Waals surface area contributed by atoms with Crippen LogP contribution in [0.15, 0.2) is 18.2 Å². The quantitative estimate of drug-likeness (QED) is 0.772. The first-order valence-electron chi connectivity index (χ1n) is 7.94. The first kappa shape index (κ1) is 19.5. The van der Waals surface area contributed by atoms with Crippen LogP contribution >= 0.6 is 12.4 Å². The molecule has 0 aliphatic carbocycles. The van der Waals surface area contributed by atoms with Crippen LogP contribution in [0.5, 0.6) is 0 Å². The highest BCUT2D eigenvalue weighted by atomic mass is 35.5. The molecule has 1 aliphatic heterocycles. The Balaban J connectivity index is 0.00000264. The maximum Gasteiger partial charge on any atom is 0.251 e. The van der Waals surface area contributed by atoms with Gasteiger partial charge in [0.1, 0.15) is 0 Å². The van der Waals surface area contributed by atoms with Gasteiger partial charge in [0, 0.05) is 24.7 Å². The van der Waals surface area contributed by atoms with E-state index in [4.69, 9.17) is 0 Å². The Kier molecular flexibility index (Phi) is 8.06. The smallest absolute Gasteiger partial charge is 0.251 e. The van der Waals surface area contributed by atoms with Crippen LogP contribution in [-0.2, 0) is 4.79 Å². The standard InChI is InChI=1S/C17H25N3O2.ClH/c1-12-14(17(22)18-2)4-3-5-15(12)20-16(21)7-6-13-8-10-19-11-9-13;/h3-5,13,19H,6-11H2,1-2H3,(H,18,22)(H,20,21);1H. The number of hydrogen-bond acceptors (Lipinski definition) is 3. The second kappa shape index (κ2) is 9.53. The van der Waals surface area contributed by atoms with Crippen molar-refractivity contribution in [3.05, 3.63) is 29.3 Å². The van der Waals surface area contributed by atoms with Gasteiger partial charge in [0.25, 0.3) is 5.91 Å². The molecule has 1 aromatic rings. The Morgan fingerprint density at radius 3 is 2.61 bits per heavy atom. The molecule has 5 nitrogen and oxygen atoms in total. The zero-order valence-corrected chi connectivity index (χ0v) is 14.6. The minimum atomic E-state index is -0.136. The summed E-state index contributed by atoms with van der Waals surface area (Å²) in [5.74, 6) is 0.532. The Morgan fingerprint density at radius 2 is 1.96 bits per heavy atom. The van der Waals surface area contributed by atoms with E-state index in [0.717, 1.165) is 43.6 Å². The Bertz CT molecular complexity index is 543. The summed E-state index contributed by atoms with van der Waals surface area (Å²) in [6.07, 6.45) is 3.77.